The Balaban J connectivity index is 5.22. The number of hydrogen-bond acceptors (Lipinski definition) is 15. The van der Waals surface area contributed by atoms with Crippen LogP contribution in [0.15, 0.2) is 0 Å². The standard InChI is InChI=1S/C82H160O17P2/c1-6-9-12-15-18-21-23-25-27-29-30-34-37-41-46-51-56-61-66-80(85)93-72-78(99-82(87)68-63-58-53-48-43-39-35-31-32-36-40-45-49-54-59-64-75(4)5)74-97-101(90,91)95-70-76(83)69-94-100(88,89)96-73-77(71-92-79(84)65-60-55-50-44-20-17-14-11-8-3)98-81(86)67-62-57-52-47-42-38-33-28-26-24-22-19-16-13-10-7-2/h75-78,83H,6-74H2,1-5H3,(H,88,89)(H,90,91)/t76-,77+,78+/m0/s1. The molecule has 0 amide bonds. The van der Waals surface area contributed by atoms with Crippen molar-refractivity contribution in [3.05, 3.63) is 0 Å². The molecule has 5 atom stereocenters. The molecular weight excluding hydrogens is 1320 g/mol. The van der Waals surface area contributed by atoms with Gasteiger partial charge in [0.25, 0.3) is 0 Å². The molecule has 0 spiro atoms. The highest BCUT2D eigenvalue weighted by Gasteiger charge is 2.30. The van der Waals surface area contributed by atoms with Gasteiger partial charge in [-0.1, -0.05) is 388 Å². The average Bonchev–Trinajstić information content (AvgIpc) is 0.945. The molecule has 0 saturated carbocycles. The van der Waals surface area contributed by atoms with Crippen molar-refractivity contribution < 1.29 is 80.2 Å². The number of phosphoric acid groups is 2. The number of rotatable bonds is 82. The molecule has 3 N–H and O–H groups in total. The number of unbranched alkanes of at least 4 members (excludes halogenated alkanes) is 54. The Morgan fingerprint density at radius 1 is 0.267 bits per heavy atom. The van der Waals surface area contributed by atoms with Crippen LogP contribution in [0.2, 0.25) is 0 Å². The molecule has 0 fully saturated rings. The van der Waals surface area contributed by atoms with Crippen molar-refractivity contribution in [1.82, 2.24) is 0 Å². The Kier molecular flexibility index (Phi) is 73.5. The highest BCUT2D eigenvalue weighted by molar-refractivity contribution is 7.47. The van der Waals surface area contributed by atoms with E-state index in [1.54, 1.807) is 0 Å². The zero-order chi connectivity index (χ0) is 74.1. The molecule has 600 valence electrons. The molecular formula is C82H160O17P2. The lowest BCUT2D eigenvalue weighted by atomic mass is 10.0. The lowest BCUT2D eigenvalue weighted by Gasteiger charge is -2.21. The van der Waals surface area contributed by atoms with E-state index in [9.17, 15) is 43.2 Å². The van der Waals surface area contributed by atoms with Gasteiger partial charge in [-0.25, -0.2) is 9.13 Å². The van der Waals surface area contributed by atoms with Crippen molar-refractivity contribution in [2.75, 3.05) is 39.6 Å². The fraction of sp³-hybridized carbons (Fsp3) is 0.951. The third-order valence-corrected chi connectivity index (χ3v) is 21.2. The Hall–Kier alpha value is -1.94. The quantitative estimate of drug-likeness (QED) is 0.0222. The Labute approximate surface area is 619 Å². The molecule has 0 rings (SSSR count). The molecule has 0 aromatic heterocycles. The van der Waals surface area contributed by atoms with E-state index in [-0.39, 0.29) is 25.7 Å². The van der Waals surface area contributed by atoms with Crippen molar-refractivity contribution in [2.24, 2.45) is 5.92 Å². The molecule has 0 aliphatic rings. The summed E-state index contributed by atoms with van der Waals surface area (Å²) in [6.45, 7) is 7.36. The topological polar surface area (TPSA) is 237 Å². The van der Waals surface area contributed by atoms with Crippen LogP contribution in [0.3, 0.4) is 0 Å². The van der Waals surface area contributed by atoms with Gasteiger partial charge in [-0.15, -0.1) is 0 Å². The Bertz CT molecular complexity index is 1930. The molecule has 2 unspecified atom stereocenters. The van der Waals surface area contributed by atoms with Gasteiger partial charge in [0.15, 0.2) is 12.2 Å². The summed E-state index contributed by atoms with van der Waals surface area (Å²) >= 11 is 0. The lowest BCUT2D eigenvalue weighted by Crippen LogP contribution is -2.30. The van der Waals surface area contributed by atoms with Gasteiger partial charge in [0.05, 0.1) is 26.4 Å². The number of hydrogen-bond donors (Lipinski definition) is 3. The number of ether oxygens (including phenoxy) is 4. The van der Waals surface area contributed by atoms with E-state index in [4.69, 9.17) is 37.0 Å². The summed E-state index contributed by atoms with van der Waals surface area (Å²) in [6, 6.07) is 0. The zero-order valence-corrected chi connectivity index (χ0v) is 67.8. The number of esters is 4. The summed E-state index contributed by atoms with van der Waals surface area (Å²) in [4.78, 5) is 73.0. The maximum absolute atomic E-state index is 13.1. The van der Waals surface area contributed by atoms with E-state index in [0.29, 0.717) is 25.7 Å². The van der Waals surface area contributed by atoms with Gasteiger partial charge in [-0.05, 0) is 31.6 Å². The molecule has 0 aliphatic carbocycles. The first-order valence-corrected chi connectivity index (χ1v) is 45.6. The van der Waals surface area contributed by atoms with Crippen molar-refractivity contribution in [3.63, 3.8) is 0 Å². The van der Waals surface area contributed by atoms with Gasteiger partial charge in [0, 0.05) is 25.7 Å². The summed E-state index contributed by atoms with van der Waals surface area (Å²) in [6.07, 6.45) is 66.6. The first kappa shape index (κ1) is 99.1. The first-order valence-electron chi connectivity index (χ1n) is 42.6. The monoisotopic (exact) mass is 1480 g/mol. The van der Waals surface area contributed by atoms with E-state index < -0.39 is 97.5 Å². The number of carbonyl (C=O) groups excluding carboxylic acids is 4. The smallest absolute Gasteiger partial charge is 0.462 e. The predicted octanol–water partition coefficient (Wildman–Crippen LogP) is 24.8. The first-order chi connectivity index (χ1) is 49.0. The van der Waals surface area contributed by atoms with Crippen LogP contribution in [0.25, 0.3) is 0 Å². The average molecular weight is 1480 g/mol. The van der Waals surface area contributed by atoms with Crippen LogP contribution in [0.4, 0.5) is 0 Å². The molecule has 0 bridgehead atoms. The highest BCUT2D eigenvalue weighted by atomic mass is 31.2. The van der Waals surface area contributed by atoms with Crippen LogP contribution in [-0.4, -0.2) is 96.7 Å². The number of aliphatic hydroxyl groups excluding tert-OH is 1. The maximum Gasteiger partial charge on any atom is 0.472 e. The molecule has 0 saturated heterocycles. The summed E-state index contributed by atoms with van der Waals surface area (Å²) < 4.78 is 68.7. The van der Waals surface area contributed by atoms with Crippen molar-refractivity contribution in [3.8, 4) is 0 Å². The molecule has 17 nitrogen and oxygen atoms in total. The second-order valence-corrected chi connectivity index (χ2v) is 32.9. The molecule has 0 aliphatic heterocycles. The minimum Gasteiger partial charge on any atom is -0.462 e. The Morgan fingerprint density at radius 3 is 0.673 bits per heavy atom. The molecule has 0 radical (unpaired) electrons. The van der Waals surface area contributed by atoms with Crippen molar-refractivity contribution in [1.29, 1.82) is 0 Å². The SMILES string of the molecule is CCCCCCCCCCCCCCCCCCCCC(=O)OC[C@H](COP(=O)(O)OC[C@@H](O)COP(=O)(O)OC[C@@H](COC(=O)CCCCCCCCCCC)OC(=O)CCCCCCCCCCCCCCCCCC)OC(=O)CCCCCCCCCCCCCCCCCC(C)C. The lowest BCUT2D eigenvalue weighted by molar-refractivity contribution is -0.161. The van der Waals surface area contributed by atoms with Crippen LogP contribution < -0.4 is 0 Å². The summed E-state index contributed by atoms with van der Waals surface area (Å²) in [7, 11) is -9.92. The fourth-order valence-electron chi connectivity index (χ4n) is 12.8. The van der Waals surface area contributed by atoms with Gasteiger partial charge in [-0.2, -0.15) is 0 Å². The summed E-state index contributed by atoms with van der Waals surface area (Å²) in [5, 5.41) is 10.6. The molecule has 0 aromatic rings. The summed E-state index contributed by atoms with van der Waals surface area (Å²) in [5.74, 6) is -1.30. The number of aliphatic hydroxyl groups is 1. The third-order valence-electron chi connectivity index (χ3n) is 19.3. The predicted molar refractivity (Wildman–Crippen MR) is 414 cm³/mol. The van der Waals surface area contributed by atoms with Crippen LogP contribution in [0.1, 0.15) is 439 Å². The van der Waals surface area contributed by atoms with Crippen molar-refractivity contribution >= 4 is 39.5 Å². The Morgan fingerprint density at radius 2 is 0.455 bits per heavy atom. The van der Waals surface area contributed by atoms with Crippen LogP contribution in [-0.2, 0) is 65.4 Å². The molecule has 19 heteroatoms. The van der Waals surface area contributed by atoms with Crippen LogP contribution in [0, 0.1) is 5.92 Å². The van der Waals surface area contributed by atoms with Crippen LogP contribution >= 0.6 is 15.6 Å². The largest absolute Gasteiger partial charge is 0.472 e. The van der Waals surface area contributed by atoms with Gasteiger partial charge < -0.3 is 33.8 Å². The van der Waals surface area contributed by atoms with Gasteiger partial charge in [0.2, 0.25) is 0 Å². The van der Waals surface area contributed by atoms with Gasteiger partial charge in [-0.3, -0.25) is 37.3 Å². The van der Waals surface area contributed by atoms with E-state index in [1.165, 1.54) is 263 Å². The second kappa shape index (κ2) is 74.9. The maximum atomic E-state index is 13.1. The second-order valence-electron chi connectivity index (χ2n) is 30.0. The number of phosphoric ester groups is 2. The van der Waals surface area contributed by atoms with Crippen molar-refractivity contribution in [2.45, 2.75) is 457 Å². The minimum atomic E-state index is -4.96. The van der Waals surface area contributed by atoms with Gasteiger partial charge >= 0.3 is 39.5 Å². The van der Waals surface area contributed by atoms with E-state index in [0.717, 1.165) is 95.8 Å². The zero-order valence-electron chi connectivity index (χ0n) is 66.1. The molecule has 0 aromatic carbocycles. The van der Waals surface area contributed by atoms with E-state index in [1.807, 2.05) is 0 Å². The normalized spacial score (nSPS) is 13.8. The van der Waals surface area contributed by atoms with E-state index in [2.05, 4.69) is 34.6 Å². The summed E-state index contributed by atoms with van der Waals surface area (Å²) in [5.41, 5.74) is 0. The highest BCUT2D eigenvalue weighted by Crippen LogP contribution is 2.45. The van der Waals surface area contributed by atoms with Gasteiger partial charge in [0.1, 0.15) is 19.3 Å². The van der Waals surface area contributed by atoms with E-state index >= 15 is 0 Å². The molecule has 0 heterocycles. The fourth-order valence-corrected chi connectivity index (χ4v) is 14.3. The third kappa shape index (κ3) is 76.1. The van der Waals surface area contributed by atoms with Crippen LogP contribution in [0.5, 0.6) is 0 Å². The molecule has 101 heavy (non-hydrogen) atoms. The number of carbonyl (C=O) groups is 4. The minimum absolute atomic E-state index is 0.109.